The van der Waals surface area contributed by atoms with Gasteiger partial charge in [-0.15, -0.1) is 11.8 Å². The number of carbonyl (C=O) groups excluding carboxylic acids is 1. The zero-order valence-electron chi connectivity index (χ0n) is 19.7. The Balaban J connectivity index is 1.69. The summed E-state index contributed by atoms with van der Waals surface area (Å²) in [5.74, 6) is 1.46. The predicted octanol–water partition coefficient (Wildman–Crippen LogP) is 7.29. The van der Waals surface area contributed by atoms with Crippen molar-refractivity contribution < 1.29 is 4.79 Å². The summed E-state index contributed by atoms with van der Waals surface area (Å²) in [7, 11) is 0. The highest BCUT2D eigenvalue weighted by atomic mass is 32.2. The quantitative estimate of drug-likeness (QED) is 0.132. The Morgan fingerprint density at radius 1 is 1.12 bits per heavy atom. The molecule has 7 heteroatoms. The van der Waals surface area contributed by atoms with E-state index in [1.165, 1.54) is 29.5 Å². The van der Waals surface area contributed by atoms with Gasteiger partial charge in [0.15, 0.2) is 0 Å². The van der Waals surface area contributed by atoms with Gasteiger partial charge in [0.2, 0.25) is 0 Å². The van der Waals surface area contributed by atoms with E-state index in [0.29, 0.717) is 21.7 Å². The molecule has 3 aromatic rings. The van der Waals surface area contributed by atoms with E-state index < -0.39 is 0 Å². The second kappa shape index (κ2) is 11.4. The van der Waals surface area contributed by atoms with Gasteiger partial charge in [-0.05, 0) is 48.4 Å². The molecular weight excluding hydrogens is 479 g/mol. The van der Waals surface area contributed by atoms with Gasteiger partial charge in [0, 0.05) is 28.8 Å². The van der Waals surface area contributed by atoms with Crippen molar-refractivity contribution in [1.29, 1.82) is 0 Å². The van der Waals surface area contributed by atoms with E-state index in [-0.39, 0.29) is 5.91 Å². The molecule has 0 unspecified atom stereocenters. The number of carbonyl (C=O) groups is 1. The highest BCUT2D eigenvalue weighted by Gasteiger charge is 2.32. The lowest BCUT2D eigenvalue weighted by atomic mass is 10.1. The van der Waals surface area contributed by atoms with E-state index in [9.17, 15) is 4.79 Å². The van der Waals surface area contributed by atoms with Crippen molar-refractivity contribution in [3.8, 4) is 16.9 Å². The van der Waals surface area contributed by atoms with Crippen LogP contribution in [0.3, 0.4) is 0 Å². The molecule has 4 rings (SSSR count). The summed E-state index contributed by atoms with van der Waals surface area (Å²) in [6.07, 6.45) is 6.34. The van der Waals surface area contributed by atoms with Gasteiger partial charge in [0.25, 0.3) is 5.91 Å². The number of unbranched alkanes of at least 4 members (excludes halogenated alkanes) is 1. The molecule has 0 bridgehead atoms. The highest BCUT2D eigenvalue weighted by molar-refractivity contribution is 8.26. The van der Waals surface area contributed by atoms with Gasteiger partial charge >= 0.3 is 0 Å². The molecule has 1 aromatic heterocycles. The van der Waals surface area contributed by atoms with E-state index in [1.54, 1.807) is 4.90 Å². The summed E-state index contributed by atoms with van der Waals surface area (Å²) in [4.78, 5) is 16.7. The van der Waals surface area contributed by atoms with Gasteiger partial charge in [-0.2, -0.15) is 5.10 Å². The van der Waals surface area contributed by atoms with Crippen LogP contribution in [0, 0.1) is 5.92 Å². The third kappa shape index (κ3) is 5.82. The molecule has 0 radical (unpaired) electrons. The molecule has 0 spiro atoms. The number of amides is 1. The lowest BCUT2D eigenvalue weighted by molar-refractivity contribution is -0.122. The van der Waals surface area contributed by atoms with Crippen LogP contribution in [-0.4, -0.2) is 37.2 Å². The fraction of sp³-hybridized carbons (Fsp3) is 0.296. The van der Waals surface area contributed by atoms with Crippen molar-refractivity contribution >= 4 is 52.0 Å². The number of hydrogen-bond donors (Lipinski definition) is 0. The van der Waals surface area contributed by atoms with Gasteiger partial charge in [0.1, 0.15) is 4.32 Å². The Kier molecular flexibility index (Phi) is 8.29. The average molecular weight is 508 g/mol. The first kappa shape index (κ1) is 24.8. The molecular formula is C27H29N3OS3. The zero-order valence-corrected chi connectivity index (χ0v) is 22.2. The van der Waals surface area contributed by atoms with Crippen LogP contribution in [0.25, 0.3) is 23.0 Å². The molecule has 176 valence electrons. The molecule has 2 aromatic carbocycles. The topological polar surface area (TPSA) is 38.1 Å². The van der Waals surface area contributed by atoms with Crippen molar-refractivity contribution in [2.75, 3.05) is 12.3 Å². The van der Waals surface area contributed by atoms with Gasteiger partial charge in [-0.1, -0.05) is 81.5 Å². The van der Waals surface area contributed by atoms with Gasteiger partial charge in [-0.3, -0.25) is 9.69 Å². The Labute approximate surface area is 215 Å². The number of hydrogen-bond acceptors (Lipinski definition) is 5. The summed E-state index contributed by atoms with van der Waals surface area (Å²) >= 11 is 8.75. The van der Waals surface area contributed by atoms with E-state index in [1.807, 2.05) is 59.0 Å². The lowest BCUT2D eigenvalue weighted by Gasteiger charge is -2.16. The van der Waals surface area contributed by atoms with Crippen LogP contribution in [-0.2, 0) is 4.79 Å². The van der Waals surface area contributed by atoms with Gasteiger partial charge in [-0.25, -0.2) is 4.68 Å². The van der Waals surface area contributed by atoms with Crippen LogP contribution >= 0.6 is 35.7 Å². The first-order chi connectivity index (χ1) is 16.5. The number of aromatic nitrogens is 2. The molecule has 4 nitrogen and oxygen atoms in total. The first-order valence-corrected chi connectivity index (χ1v) is 13.8. The number of para-hydroxylation sites is 1. The second-order valence-electron chi connectivity index (χ2n) is 8.63. The van der Waals surface area contributed by atoms with Crippen molar-refractivity contribution in [3.05, 3.63) is 71.3 Å². The SMILES string of the molecule is CCCCSc1ccc(-c2nn(-c3ccccc3)cc2/C=C2\SC(=S)N(CC(C)C)C2=O)cc1. The Bertz CT molecular complexity index is 1180. The largest absolute Gasteiger partial charge is 0.293 e. The normalized spacial score (nSPS) is 15.2. The van der Waals surface area contributed by atoms with Crippen molar-refractivity contribution in [2.24, 2.45) is 5.92 Å². The summed E-state index contributed by atoms with van der Waals surface area (Å²) in [5, 5.41) is 4.91. The molecule has 2 heterocycles. The van der Waals surface area contributed by atoms with Crippen LogP contribution in [0.5, 0.6) is 0 Å². The minimum absolute atomic E-state index is 0.0233. The molecule has 1 saturated heterocycles. The van der Waals surface area contributed by atoms with Crippen LogP contribution in [0.4, 0.5) is 0 Å². The molecule has 1 aliphatic rings. The van der Waals surface area contributed by atoms with Crippen molar-refractivity contribution in [1.82, 2.24) is 14.7 Å². The van der Waals surface area contributed by atoms with Gasteiger partial charge in [0.05, 0.1) is 16.3 Å². The zero-order chi connectivity index (χ0) is 24.1. The predicted molar refractivity (Wildman–Crippen MR) is 149 cm³/mol. The van der Waals surface area contributed by atoms with Crippen molar-refractivity contribution in [2.45, 2.75) is 38.5 Å². The molecule has 0 atom stereocenters. The summed E-state index contributed by atoms with van der Waals surface area (Å²) in [6.45, 7) is 7.03. The molecule has 0 aliphatic carbocycles. The maximum Gasteiger partial charge on any atom is 0.266 e. The van der Waals surface area contributed by atoms with Gasteiger partial charge < -0.3 is 0 Å². The van der Waals surface area contributed by atoms with Crippen LogP contribution in [0.15, 0.2) is 70.6 Å². The Morgan fingerprint density at radius 2 is 1.85 bits per heavy atom. The smallest absolute Gasteiger partial charge is 0.266 e. The summed E-state index contributed by atoms with van der Waals surface area (Å²) < 4.78 is 2.50. The number of thiocarbonyl (C=S) groups is 1. The Hall–Kier alpha value is -2.35. The minimum atomic E-state index is -0.0233. The maximum atomic E-state index is 13.1. The van der Waals surface area contributed by atoms with Crippen LogP contribution in [0.1, 0.15) is 39.2 Å². The fourth-order valence-electron chi connectivity index (χ4n) is 3.64. The molecule has 1 amide bonds. The van der Waals surface area contributed by atoms with E-state index in [4.69, 9.17) is 17.3 Å². The molecule has 34 heavy (non-hydrogen) atoms. The van der Waals surface area contributed by atoms with E-state index in [0.717, 1.165) is 28.3 Å². The fourth-order valence-corrected chi connectivity index (χ4v) is 5.90. The van der Waals surface area contributed by atoms with Crippen molar-refractivity contribution in [3.63, 3.8) is 0 Å². The summed E-state index contributed by atoms with van der Waals surface area (Å²) in [6, 6.07) is 18.6. The number of benzene rings is 2. The first-order valence-electron chi connectivity index (χ1n) is 11.6. The number of rotatable bonds is 9. The van der Waals surface area contributed by atoms with E-state index >= 15 is 0 Å². The highest BCUT2D eigenvalue weighted by Crippen LogP contribution is 2.35. The second-order valence-corrected chi connectivity index (χ2v) is 11.5. The molecule has 1 fully saturated rings. The Morgan fingerprint density at radius 3 is 2.53 bits per heavy atom. The number of nitrogens with zero attached hydrogens (tertiary/aromatic N) is 3. The lowest BCUT2D eigenvalue weighted by Crippen LogP contribution is -2.31. The molecule has 0 saturated carbocycles. The minimum Gasteiger partial charge on any atom is -0.293 e. The maximum absolute atomic E-state index is 13.1. The average Bonchev–Trinajstić information content (AvgIpc) is 3.37. The standard InChI is InChI=1S/C27H29N3OS3/c1-4-5-15-33-23-13-11-20(12-14-23)25-21(18-30(28-25)22-9-7-6-8-10-22)16-24-26(31)29(17-19(2)3)27(32)34-24/h6-14,16,18-19H,4-5,15,17H2,1-3H3/b24-16-. The monoisotopic (exact) mass is 507 g/mol. The number of thioether (sulfide) groups is 2. The summed E-state index contributed by atoms with van der Waals surface area (Å²) in [5.41, 5.74) is 3.75. The molecule has 0 N–H and O–H groups in total. The van der Waals surface area contributed by atoms with E-state index in [2.05, 4.69) is 45.0 Å². The van der Waals surface area contributed by atoms with Crippen LogP contribution in [0.2, 0.25) is 0 Å². The third-order valence-electron chi connectivity index (χ3n) is 5.37. The molecule has 1 aliphatic heterocycles. The third-order valence-corrected chi connectivity index (χ3v) is 7.84. The van der Waals surface area contributed by atoms with Crippen LogP contribution < -0.4 is 0 Å².